The van der Waals surface area contributed by atoms with E-state index >= 15 is 0 Å². The summed E-state index contributed by atoms with van der Waals surface area (Å²) in [6, 6.07) is 4.76. The highest BCUT2D eigenvalue weighted by Crippen LogP contribution is 2.25. The molecular weight excluding hydrogens is 283 g/mol. The third-order valence-corrected chi connectivity index (χ3v) is 3.55. The van der Waals surface area contributed by atoms with Crippen LogP contribution in [0.3, 0.4) is 0 Å². The van der Waals surface area contributed by atoms with Crippen LogP contribution in [0.1, 0.15) is 13.3 Å². The minimum absolute atomic E-state index is 0.0896. The Bertz CT molecular complexity index is 484. The van der Waals surface area contributed by atoms with Crippen molar-refractivity contribution in [3.63, 3.8) is 0 Å². The molecule has 0 saturated carbocycles. The van der Waals surface area contributed by atoms with E-state index in [-0.39, 0.29) is 23.6 Å². The quantitative estimate of drug-likeness (QED) is 0.906. The van der Waals surface area contributed by atoms with Gasteiger partial charge in [0, 0.05) is 31.4 Å². The fraction of sp³-hybridized carbons (Fsp3) is 0.500. The van der Waals surface area contributed by atoms with Crippen LogP contribution in [0, 0.1) is 5.82 Å². The Balaban J connectivity index is 1.88. The van der Waals surface area contributed by atoms with Gasteiger partial charge in [-0.05, 0) is 31.5 Å². The van der Waals surface area contributed by atoms with Crippen LogP contribution >= 0.6 is 11.6 Å². The maximum absolute atomic E-state index is 13.1. The lowest BCUT2D eigenvalue weighted by Gasteiger charge is -2.19. The highest BCUT2D eigenvalue weighted by Gasteiger charge is 2.24. The number of hydrogen-bond donors (Lipinski definition) is 1. The van der Waals surface area contributed by atoms with Crippen molar-refractivity contribution >= 4 is 23.2 Å². The molecular formula is C14H18ClFN2O2. The van der Waals surface area contributed by atoms with E-state index < -0.39 is 5.82 Å². The minimum Gasteiger partial charge on any atom is -0.372 e. The van der Waals surface area contributed by atoms with Crippen LogP contribution in [0.15, 0.2) is 18.2 Å². The zero-order valence-corrected chi connectivity index (χ0v) is 12.1. The molecule has 1 aromatic carbocycles. The Kier molecular flexibility index (Phi) is 5.20. The van der Waals surface area contributed by atoms with Crippen LogP contribution in [0.5, 0.6) is 0 Å². The maximum Gasteiger partial charge on any atom is 0.246 e. The maximum atomic E-state index is 13.1. The first-order valence-corrected chi connectivity index (χ1v) is 7.05. The van der Waals surface area contributed by atoms with Crippen LogP contribution in [0.25, 0.3) is 0 Å². The second-order valence-electron chi connectivity index (χ2n) is 4.73. The number of carbonyl (C=O) groups excluding carboxylic acids is 1. The lowest BCUT2D eigenvalue weighted by Crippen LogP contribution is -2.39. The number of anilines is 1. The molecule has 110 valence electrons. The Hall–Kier alpha value is -1.33. The molecule has 0 radical (unpaired) electrons. The van der Waals surface area contributed by atoms with Crippen LogP contribution in [-0.2, 0) is 9.53 Å². The van der Waals surface area contributed by atoms with Gasteiger partial charge in [-0.3, -0.25) is 4.79 Å². The fourth-order valence-electron chi connectivity index (χ4n) is 2.26. The van der Waals surface area contributed by atoms with Crippen LogP contribution < -0.4 is 10.2 Å². The largest absolute Gasteiger partial charge is 0.372 e. The van der Waals surface area contributed by atoms with E-state index in [9.17, 15) is 9.18 Å². The van der Waals surface area contributed by atoms with Gasteiger partial charge in [0.15, 0.2) is 0 Å². The van der Waals surface area contributed by atoms with E-state index in [4.69, 9.17) is 16.3 Å². The summed E-state index contributed by atoms with van der Waals surface area (Å²) in [5, 5.41) is 3.04. The molecule has 4 nitrogen and oxygen atoms in total. The smallest absolute Gasteiger partial charge is 0.246 e. The van der Waals surface area contributed by atoms with E-state index in [1.54, 1.807) is 12.1 Å². The van der Waals surface area contributed by atoms with Gasteiger partial charge in [-0.25, -0.2) is 4.39 Å². The molecule has 2 rings (SSSR count). The molecule has 1 N–H and O–H groups in total. The molecule has 0 unspecified atom stereocenters. The van der Waals surface area contributed by atoms with E-state index in [2.05, 4.69) is 10.2 Å². The molecule has 1 saturated heterocycles. The molecule has 1 atom stereocenters. The van der Waals surface area contributed by atoms with Gasteiger partial charge in [-0.2, -0.15) is 0 Å². The summed E-state index contributed by atoms with van der Waals surface area (Å²) < 4.78 is 18.2. The molecule has 20 heavy (non-hydrogen) atoms. The lowest BCUT2D eigenvalue weighted by molar-refractivity contribution is -0.126. The second kappa shape index (κ2) is 6.90. The number of ether oxygens (including phenoxy) is 1. The van der Waals surface area contributed by atoms with Gasteiger partial charge in [-0.15, -0.1) is 0 Å². The Morgan fingerprint density at radius 2 is 2.40 bits per heavy atom. The third-order valence-electron chi connectivity index (χ3n) is 3.26. The van der Waals surface area contributed by atoms with Crippen molar-refractivity contribution in [1.82, 2.24) is 5.32 Å². The molecule has 0 spiro atoms. The average Bonchev–Trinajstić information content (AvgIpc) is 2.88. The Morgan fingerprint density at radius 3 is 3.10 bits per heavy atom. The Labute approximate surface area is 122 Å². The van der Waals surface area contributed by atoms with Gasteiger partial charge in [-0.1, -0.05) is 11.6 Å². The van der Waals surface area contributed by atoms with Crippen molar-refractivity contribution in [3.8, 4) is 0 Å². The van der Waals surface area contributed by atoms with Gasteiger partial charge < -0.3 is 15.0 Å². The Morgan fingerprint density at radius 1 is 1.60 bits per heavy atom. The predicted molar refractivity (Wildman–Crippen MR) is 76.7 cm³/mol. The normalized spacial score (nSPS) is 18.4. The van der Waals surface area contributed by atoms with Gasteiger partial charge in [0.25, 0.3) is 0 Å². The van der Waals surface area contributed by atoms with Crippen LogP contribution in [0.2, 0.25) is 5.02 Å². The first kappa shape index (κ1) is 15.1. The van der Waals surface area contributed by atoms with Crippen LogP contribution in [-0.4, -0.2) is 38.3 Å². The number of rotatable bonds is 5. The number of nitrogens with one attached hydrogen (secondary N) is 1. The van der Waals surface area contributed by atoms with Gasteiger partial charge in [0.2, 0.25) is 5.91 Å². The molecule has 0 aliphatic carbocycles. The number of carbonyl (C=O) groups is 1. The van der Waals surface area contributed by atoms with Gasteiger partial charge >= 0.3 is 0 Å². The van der Waals surface area contributed by atoms with Crippen molar-refractivity contribution in [1.29, 1.82) is 0 Å². The standard InChI is InChI=1S/C14H18ClFN2O2/c1-2-20-9-14(19)17-10-5-6-18(8-10)11-3-4-13(16)12(15)7-11/h3-4,7,10H,2,5-6,8-9H2,1H3,(H,17,19)/t10-/m0/s1. The number of nitrogens with zero attached hydrogens (tertiary/aromatic N) is 1. The molecule has 1 aliphatic heterocycles. The SMILES string of the molecule is CCOCC(=O)N[C@H]1CCN(c2ccc(F)c(Cl)c2)C1. The lowest BCUT2D eigenvalue weighted by atomic mass is 10.2. The van der Waals surface area contributed by atoms with E-state index in [0.29, 0.717) is 13.2 Å². The summed E-state index contributed by atoms with van der Waals surface area (Å²) in [4.78, 5) is 13.7. The average molecular weight is 301 g/mol. The minimum atomic E-state index is -0.420. The molecule has 1 aliphatic rings. The summed E-state index contributed by atoms with van der Waals surface area (Å²) in [5.41, 5.74) is 0.873. The number of halogens is 2. The second-order valence-corrected chi connectivity index (χ2v) is 5.14. The van der Waals surface area contributed by atoms with Crippen molar-refractivity contribution in [3.05, 3.63) is 29.0 Å². The first-order chi connectivity index (χ1) is 9.60. The van der Waals surface area contributed by atoms with Crippen molar-refractivity contribution in [2.75, 3.05) is 31.2 Å². The van der Waals surface area contributed by atoms with Crippen molar-refractivity contribution in [2.45, 2.75) is 19.4 Å². The van der Waals surface area contributed by atoms with Crippen molar-refractivity contribution in [2.24, 2.45) is 0 Å². The van der Waals surface area contributed by atoms with E-state index in [0.717, 1.165) is 18.7 Å². The molecule has 1 fully saturated rings. The molecule has 0 aromatic heterocycles. The van der Waals surface area contributed by atoms with Gasteiger partial charge in [0.1, 0.15) is 12.4 Å². The highest BCUT2D eigenvalue weighted by atomic mass is 35.5. The summed E-state index contributed by atoms with van der Waals surface area (Å²) >= 11 is 5.78. The van der Waals surface area contributed by atoms with Crippen molar-refractivity contribution < 1.29 is 13.9 Å². The van der Waals surface area contributed by atoms with Gasteiger partial charge in [0.05, 0.1) is 5.02 Å². The van der Waals surface area contributed by atoms with Crippen LogP contribution in [0.4, 0.5) is 10.1 Å². The number of amides is 1. The third kappa shape index (κ3) is 3.84. The fourth-order valence-corrected chi connectivity index (χ4v) is 2.43. The monoisotopic (exact) mass is 300 g/mol. The summed E-state index contributed by atoms with van der Waals surface area (Å²) in [5.74, 6) is -0.521. The highest BCUT2D eigenvalue weighted by molar-refractivity contribution is 6.31. The molecule has 6 heteroatoms. The topological polar surface area (TPSA) is 41.6 Å². The zero-order valence-electron chi connectivity index (χ0n) is 11.4. The van der Waals surface area contributed by atoms with E-state index in [1.165, 1.54) is 6.07 Å². The van der Waals surface area contributed by atoms with E-state index in [1.807, 2.05) is 6.92 Å². The summed E-state index contributed by atoms with van der Waals surface area (Å²) in [6.45, 7) is 3.97. The predicted octanol–water partition coefficient (Wildman–Crippen LogP) is 2.21. The first-order valence-electron chi connectivity index (χ1n) is 6.67. The molecule has 0 bridgehead atoms. The molecule has 1 heterocycles. The number of hydrogen-bond acceptors (Lipinski definition) is 3. The number of benzene rings is 1. The summed E-state index contributed by atoms with van der Waals surface area (Å²) in [6.07, 6.45) is 0.854. The molecule has 1 amide bonds. The summed E-state index contributed by atoms with van der Waals surface area (Å²) in [7, 11) is 0. The molecule has 1 aromatic rings. The zero-order chi connectivity index (χ0) is 14.5.